The number of nitrogens with zero attached hydrogens (tertiary/aromatic N) is 1. The molecule has 1 aliphatic heterocycles. The van der Waals surface area contributed by atoms with Gasteiger partial charge in [0.1, 0.15) is 11.6 Å². The predicted molar refractivity (Wildman–Crippen MR) is 145 cm³/mol. The number of carboxylic acids is 1. The first-order valence-electron chi connectivity index (χ1n) is 13.1. The molecular weight excluding hydrogens is 506 g/mol. The molecule has 0 atom stereocenters. The van der Waals surface area contributed by atoms with Gasteiger partial charge in [0.2, 0.25) is 6.43 Å². The SMILES string of the molecule is O=C(O)c1ccc2c(c1)CCCC(c1ccc(F)cc1F)=C2c1ccc(/C=C2/CCN(CCC(F)F)C2)cc1. The molecule has 1 aliphatic carbocycles. The highest BCUT2D eigenvalue weighted by molar-refractivity contribution is 6.00. The summed E-state index contributed by atoms with van der Waals surface area (Å²) in [5.74, 6) is -2.28. The maximum atomic E-state index is 15.0. The van der Waals surface area contributed by atoms with Crippen LogP contribution in [0.1, 0.15) is 63.9 Å². The van der Waals surface area contributed by atoms with Gasteiger partial charge >= 0.3 is 5.97 Å². The Bertz CT molecular complexity index is 1440. The van der Waals surface area contributed by atoms with Gasteiger partial charge in [-0.25, -0.2) is 22.4 Å². The fraction of sp³-hybridized carbons (Fsp3) is 0.281. The summed E-state index contributed by atoms with van der Waals surface area (Å²) in [5.41, 5.74) is 6.84. The highest BCUT2D eigenvalue weighted by Crippen LogP contribution is 2.41. The molecule has 3 nitrogen and oxygen atoms in total. The average Bonchev–Trinajstić information content (AvgIpc) is 3.26. The first kappa shape index (κ1) is 26.9. The maximum absolute atomic E-state index is 15.0. The number of likely N-dealkylation sites (tertiary alicyclic amines) is 1. The second-order valence-corrected chi connectivity index (χ2v) is 10.1. The van der Waals surface area contributed by atoms with E-state index in [2.05, 4.69) is 6.08 Å². The Morgan fingerprint density at radius 2 is 1.72 bits per heavy atom. The molecule has 2 aliphatic rings. The molecule has 0 bridgehead atoms. The zero-order valence-electron chi connectivity index (χ0n) is 21.4. The second kappa shape index (κ2) is 11.6. The van der Waals surface area contributed by atoms with Gasteiger partial charge in [0, 0.05) is 37.7 Å². The van der Waals surface area contributed by atoms with Crippen molar-refractivity contribution in [3.63, 3.8) is 0 Å². The van der Waals surface area contributed by atoms with E-state index in [1.807, 2.05) is 29.2 Å². The van der Waals surface area contributed by atoms with Crippen molar-refractivity contribution in [2.75, 3.05) is 19.6 Å². The Labute approximate surface area is 225 Å². The van der Waals surface area contributed by atoms with Gasteiger partial charge < -0.3 is 5.11 Å². The van der Waals surface area contributed by atoms with Gasteiger partial charge in [-0.15, -0.1) is 0 Å². The molecule has 5 rings (SSSR count). The Morgan fingerprint density at radius 3 is 2.44 bits per heavy atom. The van der Waals surface area contributed by atoms with Crippen molar-refractivity contribution in [2.24, 2.45) is 0 Å². The minimum atomic E-state index is -2.29. The number of benzene rings is 3. The number of rotatable bonds is 7. The van der Waals surface area contributed by atoms with Gasteiger partial charge in [-0.3, -0.25) is 4.90 Å². The standard InChI is InChI=1S/C32H29F4NO2/c33-25-9-11-27(29(34)18-25)28-3-1-2-23-17-24(32(38)39)8-10-26(23)31(28)22-6-4-20(5-7-22)16-21-12-14-37(19-21)15-13-30(35)36/h4-11,16-18,30H,1-3,12-15,19H2,(H,38,39)/b21-16-. The van der Waals surface area contributed by atoms with Crippen molar-refractivity contribution >= 4 is 23.2 Å². The normalized spacial score (nSPS) is 17.1. The van der Waals surface area contributed by atoms with E-state index >= 15 is 4.39 Å². The number of carbonyl (C=O) groups is 1. The van der Waals surface area contributed by atoms with Crippen LogP contribution in [0.3, 0.4) is 0 Å². The van der Waals surface area contributed by atoms with Crippen LogP contribution < -0.4 is 0 Å². The maximum Gasteiger partial charge on any atom is 0.335 e. The summed E-state index contributed by atoms with van der Waals surface area (Å²) < 4.78 is 53.9. The van der Waals surface area contributed by atoms with Gasteiger partial charge in [0.25, 0.3) is 0 Å². The third-order valence-corrected chi connectivity index (χ3v) is 7.46. The van der Waals surface area contributed by atoms with E-state index < -0.39 is 24.0 Å². The average molecular weight is 536 g/mol. The smallest absolute Gasteiger partial charge is 0.335 e. The van der Waals surface area contributed by atoms with Crippen LogP contribution in [0.5, 0.6) is 0 Å². The lowest BCUT2D eigenvalue weighted by molar-refractivity contribution is 0.0696. The van der Waals surface area contributed by atoms with Gasteiger partial charge in [0.15, 0.2) is 0 Å². The van der Waals surface area contributed by atoms with Crippen molar-refractivity contribution in [3.05, 3.63) is 111 Å². The molecule has 0 spiro atoms. The van der Waals surface area contributed by atoms with Crippen LogP contribution in [-0.2, 0) is 6.42 Å². The molecule has 1 heterocycles. The summed E-state index contributed by atoms with van der Waals surface area (Å²) in [4.78, 5) is 13.6. The fourth-order valence-corrected chi connectivity index (χ4v) is 5.57. The minimum absolute atomic E-state index is 0.122. The largest absolute Gasteiger partial charge is 0.478 e. The summed E-state index contributed by atoms with van der Waals surface area (Å²) in [6.45, 7) is 1.83. The van der Waals surface area contributed by atoms with Crippen LogP contribution in [0.25, 0.3) is 17.2 Å². The number of hydrogen-bond donors (Lipinski definition) is 1. The summed E-state index contributed by atoms with van der Waals surface area (Å²) in [5, 5.41) is 9.51. The van der Waals surface area contributed by atoms with Gasteiger partial charge in [0.05, 0.1) is 5.56 Å². The lowest BCUT2D eigenvalue weighted by atomic mass is 9.87. The summed E-state index contributed by atoms with van der Waals surface area (Å²) in [6, 6.07) is 16.5. The molecule has 202 valence electrons. The van der Waals surface area contributed by atoms with Crippen molar-refractivity contribution in [1.82, 2.24) is 4.90 Å². The molecule has 0 radical (unpaired) electrons. The molecule has 39 heavy (non-hydrogen) atoms. The number of alkyl halides is 2. The molecular formula is C32H29F4NO2. The van der Waals surface area contributed by atoms with Crippen molar-refractivity contribution < 1.29 is 27.5 Å². The summed E-state index contributed by atoms with van der Waals surface area (Å²) >= 11 is 0. The highest BCUT2D eigenvalue weighted by atomic mass is 19.3. The monoisotopic (exact) mass is 535 g/mol. The van der Waals surface area contributed by atoms with Gasteiger partial charge in [-0.2, -0.15) is 0 Å². The third kappa shape index (κ3) is 6.14. The Hall–Kier alpha value is -3.71. The number of halogens is 4. The third-order valence-electron chi connectivity index (χ3n) is 7.46. The molecule has 3 aromatic rings. The Balaban J connectivity index is 1.53. The van der Waals surface area contributed by atoms with Crippen LogP contribution in [0.15, 0.2) is 66.2 Å². The van der Waals surface area contributed by atoms with Crippen LogP contribution >= 0.6 is 0 Å². The summed E-state index contributed by atoms with van der Waals surface area (Å²) in [6.07, 6.45) is 2.39. The minimum Gasteiger partial charge on any atom is -0.478 e. The molecule has 1 saturated heterocycles. The van der Waals surface area contributed by atoms with Crippen LogP contribution in [0.4, 0.5) is 17.6 Å². The second-order valence-electron chi connectivity index (χ2n) is 10.1. The number of allylic oxidation sites excluding steroid dienone is 1. The van der Waals surface area contributed by atoms with Crippen LogP contribution in [0, 0.1) is 11.6 Å². The van der Waals surface area contributed by atoms with E-state index in [1.54, 1.807) is 18.2 Å². The van der Waals surface area contributed by atoms with Gasteiger partial charge in [-0.1, -0.05) is 42.0 Å². The van der Waals surface area contributed by atoms with Crippen LogP contribution in [0.2, 0.25) is 0 Å². The number of carboxylic acid groups (broad SMARTS) is 1. The number of fused-ring (bicyclic) bond motifs is 1. The molecule has 0 unspecified atom stereocenters. The first-order valence-corrected chi connectivity index (χ1v) is 13.1. The van der Waals surface area contributed by atoms with E-state index in [0.29, 0.717) is 37.9 Å². The molecule has 7 heteroatoms. The van der Waals surface area contributed by atoms with E-state index in [4.69, 9.17) is 0 Å². The van der Waals surface area contributed by atoms with Crippen molar-refractivity contribution in [2.45, 2.75) is 38.5 Å². The van der Waals surface area contributed by atoms with Crippen molar-refractivity contribution in [1.29, 1.82) is 0 Å². The zero-order valence-corrected chi connectivity index (χ0v) is 21.4. The topological polar surface area (TPSA) is 40.5 Å². The molecule has 0 amide bonds. The zero-order chi connectivity index (χ0) is 27.5. The molecule has 1 N–H and O–H groups in total. The molecule has 1 fully saturated rings. The highest BCUT2D eigenvalue weighted by Gasteiger charge is 2.23. The van der Waals surface area contributed by atoms with E-state index in [9.17, 15) is 23.1 Å². The lowest BCUT2D eigenvalue weighted by Gasteiger charge is -2.17. The Kier molecular flexibility index (Phi) is 7.98. The number of aryl methyl sites for hydroxylation is 1. The van der Waals surface area contributed by atoms with E-state index in [-0.39, 0.29) is 12.0 Å². The molecule has 0 aromatic heterocycles. The van der Waals surface area contributed by atoms with Gasteiger partial charge in [-0.05, 0) is 83.3 Å². The van der Waals surface area contributed by atoms with E-state index in [1.165, 1.54) is 17.7 Å². The first-order chi connectivity index (χ1) is 18.8. The van der Waals surface area contributed by atoms with Crippen molar-refractivity contribution in [3.8, 4) is 0 Å². The summed E-state index contributed by atoms with van der Waals surface area (Å²) in [7, 11) is 0. The number of hydrogen-bond acceptors (Lipinski definition) is 2. The van der Waals surface area contributed by atoms with E-state index in [0.717, 1.165) is 52.4 Å². The quantitative estimate of drug-likeness (QED) is 0.315. The molecule has 3 aromatic carbocycles. The predicted octanol–water partition coefficient (Wildman–Crippen LogP) is 7.70. The number of aromatic carboxylic acids is 1. The lowest BCUT2D eigenvalue weighted by Crippen LogP contribution is -2.22. The Morgan fingerprint density at radius 1 is 0.949 bits per heavy atom. The van der Waals surface area contributed by atoms with Crippen LogP contribution in [-0.4, -0.2) is 42.0 Å². The molecule has 0 saturated carbocycles. The fourth-order valence-electron chi connectivity index (χ4n) is 5.57.